The molecule has 0 aliphatic rings. The molecular formula is C23H19N5S. The van der Waals surface area contributed by atoms with E-state index in [1.165, 1.54) is 5.56 Å². The van der Waals surface area contributed by atoms with Gasteiger partial charge in [0.15, 0.2) is 5.11 Å². The number of benzene rings is 3. The molecule has 0 spiro atoms. The molecule has 1 heterocycles. The van der Waals surface area contributed by atoms with E-state index in [1.54, 1.807) is 4.68 Å². The summed E-state index contributed by atoms with van der Waals surface area (Å²) in [6.07, 6.45) is 0. The van der Waals surface area contributed by atoms with Crippen LogP contribution in [0.5, 0.6) is 0 Å². The number of azo groups is 1. The standard InChI is InChI=1S/C23H19N5S/c1-16-12-14-19(15-13-16)25-26-21-20(17-8-4-2-5-9-17)27-28(23(24)29)22(21)18-10-6-3-7-11-18/h2-15H,1H3,(H2,24,29). The van der Waals surface area contributed by atoms with Gasteiger partial charge >= 0.3 is 0 Å². The predicted octanol–water partition coefficient (Wildman–Crippen LogP) is 6.03. The van der Waals surface area contributed by atoms with Crippen molar-refractivity contribution in [3.63, 3.8) is 0 Å². The summed E-state index contributed by atoms with van der Waals surface area (Å²) >= 11 is 5.27. The highest BCUT2D eigenvalue weighted by Gasteiger charge is 2.22. The van der Waals surface area contributed by atoms with E-state index in [1.807, 2.05) is 91.9 Å². The summed E-state index contributed by atoms with van der Waals surface area (Å²) in [6, 6.07) is 27.5. The molecule has 2 N–H and O–H groups in total. The van der Waals surface area contributed by atoms with Crippen LogP contribution in [0.4, 0.5) is 11.4 Å². The van der Waals surface area contributed by atoms with Gasteiger partial charge in [-0.1, -0.05) is 78.4 Å². The Bertz CT molecular complexity index is 1160. The molecule has 3 aromatic carbocycles. The molecule has 4 aromatic rings. The van der Waals surface area contributed by atoms with Gasteiger partial charge in [-0.15, -0.1) is 5.11 Å². The molecule has 0 fully saturated rings. The van der Waals surface area contributed by atoms with Crippen LogP contribution in [-0.2, 0) is 0 Å². The molecular weight excluding hydrogens is 378 g/mol. The number of nitrogens with two attached hydrogens (primary N) is 1. The van der Waals surface area contributed by atoms with Crippen molar-refractivity contribution in [2.45, 2.75) is 6.92 Å². The molecule has 142 valence electrons. The lowest BCUT2D eigenvalue weighted by atomic mass is 10.1. The molecule has 4 rings (SSSR count). The molecule has 0 radical (unpaired) electrons. The number of thiocarbonyl (C=S) groups is 1. The van der Waals surface area contributed by atoms with E-state index in [2.05, 4.69) is 15.3 Å². The molecule has 0 bridgehead atoms. The molecule has 0 aliphatic heterocycles. The van der Waals surface area contributed by atoms with Crippen molar-refractivity contribution in [1.82, 2.24) is 9.78 Å². The van der Waals surface area contributed by atoms with Gasteiger partial charge < -0.3 is 5.73 Å². The lowest BCUT2D eigenvalue weighted by molar-refractivity contribution is 0.951. The van der Waals surface area contributed by atoms with Crippen molar-refractivity contribution >= 4 is 28.7 Å². The first-order chi connectivity index (χ1) is 14.1. The quantitative estimate of drug-likeness (QED) is 0.337. The number of rotatable bonds is 4. The molecule has 0 aliphatic carbocycles. The Balaban J connectivity index is 1.94. The largest absolute Gasteiger partial charge is 0.374 e. The normalized spacial score (nSPS) is 11.1. The Kier molecular flexibility index (Phi) is 5.27. The predicted molar refractivity (Wildman–Crippen MR) is 121 cm³/mol. The first-order valence-electron chi connectivity index (χ1n) is 9.15. The van der Waals surface area contributed by atoms with E-state index in [0.717, 1.165) is 16.8 Å². The summed E-state index contributed by atoms with van der Waals surface area (Å²) in [5, 5.41) is 13.9. The van der Waals surface area contributed by atoms with Crippen molar-refractivity contribution in [2.24, 2.45) is 16.0 Å². The van der Waals surface area contributed by atoms with E-state index in [0.29, 0.717) is 17.1 Å². The number of nitrogens with zero attached hydrogens (tertiary/aromatic N) is 4. The van der Waals surface area contributed by atoms with E-state index < -0.39 is 0 Å². The minimum absolute atomic E-state index is 0.151. The Hall–Kier alpha value is -3.64. The Morgan fingerprint density at radius 1 is 0.828 bits per heavy atom. The van der Waals surface area contributed by atoms with Gasteiger partial charge in [-0.3, -0.25) is 0 Å². The van der Waals surface area contributed by atoms with Gasteiger partial charge in [0.05, 0.1) is 5.69 Å². The molecule has 0 saturated carbocycles. The second-order valence-corrected chi connectivity index (χ2v) is 6.98. The van der Waals surface area contributed by atoms with Gasteiger partial charge in [0.1, 0.15) is 17.1 Å². The summed E-state index contributed by atoms with van der Waals surface area (Å²) in [7, 11) is 0. The first-order valence-corrected chi connectivity index (χ1v) is 9.56. The monoisotopic (exact) mass is 397 g/mol. The fourth-order valence-corrected chi connectivity index (χ4v) is 3.16. The Morgan fingerprint density at radius 3 is 2.00 bits per heavy atom. The number of aryl methyl sites for hydroxylation is 1. The van der Waals surface area contributed by atoms with Crippen LogP contribution < -0.4 is 5.73 Å². The van der Waals surface area contributed by atoms with E-state index >= 15 is 0 Å². The number of hydrogen-bond donors (Lipinski definition) is 1. The van der Waals surface area contributed by atoms with Crippen molar-refractivity contribution in [2.75, 3.05) is 0 Å². The van der Waals surface area contributed by atoms with Gasteiger partial charge in [0, 0.05) is 11.1 Å². The van der Waals surface area contributed by atoms with Crippen LogP contribution in [0.15, 0.2) is 95.2 Å². The topological polar surface area (TPSA) is 68.6 Å². The van der Waals surface area contributed by atoms with Crippen molar-refractivity contribution in [3.8, 4) is 22.5 Å². The highest BCUT2D eigenvalue weighted by molar-refractivity contribution is 7.80. The van der Waals surface area contributed by atoms with Crippen molar-refractivity contribution in [1.29, 1.82) is 0 Å². The molecule has 0 saturated heterocycles. The fourth-order valence-electron chi connectivity index (χ4n) is 3.03. The summed E-state index contributed by atoms with van der Waals surface area (Å²) < 4.78 is 1.55. The number of hydrogen-bond acceptors (Lipinski definition) is 4. The molecule has 29 heavy (non-hydrogen) atoms. The summed E-state index contributed by atoms with van der Waals surface area (Å²) in [6.45, 7) is 2.04. The minimum atomic E-state index is 0.151. The summed E-state index contributed by atoms with van der Waals surface area (Å²) in [5.41, 5.74) is 11.8. The zero-order valence-electron chi connectivity index (χ0n) is 15.9. The SMILES string of the molecule is Cc1ccc(N=Nc2c(-c3ccccc3)nn(C(N)=S)c2-c2ccccc2)cc1. The molecule has 0 unspecified atom stereocenters. The minimum Gasteiger partial charge on any atom is -0.374 e. The van der Waals surface area contributed by atoms with E-state index in [9.17, 15) is 0 Å². The van der Waals surface area contributed by atoms with Gasteiger partial charge in [0.25, 0.3) is 0 Å². The fraction of sp³-hybridized carbons (Fsp3) is 0.0435. The van der Waals surface area contributed by atoms with Crippen LogP contribution in [0.25, 0.3) is 22.5 Å². The van der Waals surface area contributed by atoms with Gasteiger partial charge in [-0.25, -0.2) is 4.68 Å². The van der Waals surface area contributed by atoms with Crippen molar-refractivity contribution in [3.05, 3.63) is 90.5 Å². The maximum absolute atomic E-state index is 6.00. The molecule has 5 nitrogen and oxygen atoms in total. The highest BCUT2D eigenvalue weighted by Crippen LogP contribution is 2.39. The van der Waals surface area contributed by atoms with Crippen LogP contribution >= 0.6 is 12.2 Å². The molecule has 6 heteroatoms. The van der Waals surface area contributed by atoms with E-state index in [-0.39, 0.29) is 5.11 Å². The van der Waals surface area contributed by atoms with Crippen LogP contribution in [-0.4, -0.2) is 14.9 Å². The third-order valence-electron chi connectivity index (χ3n) is 4.46. The second-order valence-electron chi connectivity index (χ2n) is 6.56. The lowest BCUT2D eigenvalue weighted by Crippen LogP contribution is -2.21. The molecule has 0 amide bonds. The maximum Gasteiger partial charge on any atom is 0.191 e. The number of aromatic nitrogens is 2. The average molecular weight is 398 g/mol. The summed E-state index contributed by atoms with van der Waals surface area (Å²) in [5.74, 6) is 0. The van der Waals surface area contributed by atoms with Gasteiger partial charge in [0.2, 0.25) is 0 Å². The molecule has 0 atom stereocenters. The van der Waals surface area contributed by atoms with Crippen LogP contribution in [0, 0.1) is 6.92 Å². The summed E-state index contributed by atoms with van der Waals surface area (Å²) in [4.78, 5) is 0. The van der Waals surface area contributed by atoms with Gasteiger partial charge in [-0.05, 0) is 31.3 Å². The van der Waals surface area contributed by atoms with Gasteiger partial charge in [-0.2, -0.15) is 10.2 Å². The average Bonchev–Trinajstić information content (AvgIpc) is 3.14. The maximum atomic E-state index is 6.00. The first kappa shape index (κ1) is 18.7. The van der Waals surface area contributed by atoms with E-state index in [4.69, 9.17) is 18.0 Å². The molecule has 1 aromatic heterocycles. The van der Waals surface area contributed by atoms with Crippen LogP contribution in [0.1, 0.15) is 5.56 Å². The van der Waals surface area contributed by atoms with Crippen LogP contribution in [0.2, 0.25) is 0 Å². The Labute approximate surface area is 174 Å². The Morgan fingerprint density at radius 2 is 1.41 bits per heavy atom. The zero-order chi connectivity index (χ0) is 20.2. The smallest absolute Gasteiger partial charge is 0.191 e. The van der Waals surface area contributed by atoms with Crippen molar-refractivity contribution < 1.29 is 0 Å². The second kappa shape index (κ2) is 8.16. The zero-order valence-corrected chi connectivity index (χ0v) is 16.7. The highest BCUT2D eigenvalue weighted by atomic mass is 32.1. The van der Waals surface area contributed by atoms with Crippen LogP contribution in [0.3, 0.4) is 0 Å². The lowest BCUT2D eigenvalue weighted by Gasteiger charge is -2.05. The third kappa shape index (κ3) is 3.97. The third-order valence-corrected chi connectivity index (χ3v) is 4.64.